The fraction of sp³-hybridized carbons (Fsp3) is 0.167. The van der Waals surface area contributed by atoms with Crippen molar-refractivity contribution in [2.24, 2.45) is 0 Å². The maximum atomic E-state index is 13.4. The average molecular weight is 628 g/mol. The molecule has 195 valence electrons. The summed E-state index contributed by atoms with van der Waals surface area (Å²) >= 11 is 0. The Morgan fingerprint density at radius 3 is 0.946 bits per heavy atom. The topological polar surface area (TPSA) is 0 Å². The zero-order valence-corrected chi connectivity index (χ0v) is 22.7. The van der Waals surface area contributed by atoms with Crippen molar-refractivity contribution in [2.75, 3.05) is 13.3 Å². The van der Waals surface area contributed by atoms with Gasteiger partial charge in [0.1, 0.15) is 0 Å². The van der Waals surface area contributed by atoms with E-state index in [1.165, 1.54) is 0 Å². The van der Waals surface area contributed by atoms with Crippen LogP contribution in [0.1, 0.15) is 12.8 Å². The van der Waals surface area contributed by atoms with E-state index in [0.29, 0.717) is 0 Å². The van der Waals surface area contributed by atoms with Crippen LogP contribution >= 0.6 is 8.58 Å². The van der Waals surface area contributed by atoms with Crippen LogP contribution in [-0.4, -0.2) is 20.6 Å². The van der Waals surface area contributed by atoms with Gasteiger partial charge in [0.05, 0.1) is 0 Å². The Balaban J connectivity index is 0.000000751. The molecule has 0 atom stereocenters. The van der Waals surface area contributed by atoms with E-state index in [0.717, 1.165) is 21.4 Å². The van der Waals surface area contributed by atoms with E-state index in [4.69, 9.17) is 0 Å². The van der Waals surface area contributed by atoms with Crippen LogP contribution in [0.25, 0.3) is 0 Å². The molecule has 0 heterocycles. The fourth-order valence-electron chi connectivity index (χ4n) is 2.32. The van der Waals surface area contributed by atoms with Crippen LogP contribution in [0.2, 0.25) is 0 Å². The summed E-state index contributed by atoms with van der Waals surface area (Å²) < 4.78 is 131. The van der Waals surface area contributed by atoms with E-state index in [1.54, 1.807) is 0 Å². The Morgan fingerprint density at radius 2 is 0.784 bits per heavy atom. The second-order valence-electron chi connectivity index (χ2n) is 6.62. The van der Waals surface area contributed by atoms with Crippen molar-refractivity contribution in [1.82, 2.24) is 0 Å². The molecule has 4 rings (SSSR count). The maximum Gasteiger partial charge on any atom is 2.00 e. The number of hydrogen-bond donors (Lipinski definition) is 0. The summed E-state index contributed by atoms with van der Waals surface area (Å²) in [5, 5.41) is 0. The normalized spacial score (nSPS) is 12.1. The van der Waals surface area contributed by atoms with Gasteiger partial charge in [-0.3, -0.25) is 12.2 Å². The second kappa shape index (κ2) is 17.6. The molecule has 2 aromatic carbocycles. The third kappa shape index (κ3) is 9.72. The molecule has 0 spiro atoms. The minimum atomic E-state index is -2.55. The average Bonchev–Trinajstić information content (AvgIpc) is 3.63. The molecule has 0 fully saturated rings. The predicted molar refractivity (Wildman–Crippen MR) is 121 cm³/mol. The Hall–Kier alpha value is -1.92. The van der Waals surface area contributed by atoms with Crippen LogP contribution in [0.15, 0.2) is 36.5 Å². The van der Waals surface area contributed by atoms with Gasteiger partial charge in [-0.1, -0.05) is 0 Å². The third-order valence-electron chi connectivity index (χ3n) is 3.95. The molecule has 2 aliphatic carbocycles. The summed E-state index contributed by atoms with van der Waals surface area (Å²) in [5.41, 5.74) is -3.71. The van der Waals surface area contributed by atoms with Crippen molar-refractivity contribution in [3.8, 4) is 0 Å². The van der Waals surface area contributed by atoms with Gasteiger partial charge in [-0.05, 0) is 24.3 Å². The molecule has 0 aromatic heterocycles. The summed E-state index contributed by atoms with van der Waals surface area (Å²) in [6.07, 6.45) is 20.0. The molecule has 2 aromatic rings. The van der Waals surface area contributed by atoms with Gasteiger partial charge in [0.2, 0.25) is 7.28 Å². The van der Waals surface area contributed by atoms with Crippen molar-refractivity contribution >= 4 is 26.8 Å². The van der Waals surface area contributed by atoms with E-state index in [-0.39, 0.29) is 33.5 Å². The van der Waals surface area contributed by atoms with E-state index in [2.05, 4.69) is 37.6 Å². The number of benzene rings is 2. The minimum Gasteiger partial charge on any atom is -0.273 e. The largest absolute Gasteiger partial charge is 2.00 e. The van der Waals surface area contributed by atoms with Crippen LogP contribution < -0.4 is 10.9 Å². The molecular formula is C24H17BF10PZr. The van der Waals surface area contributed by atoms with Gasteiger partial charge in [0.15, 0.2) is 58.2 Å². The smallest absolute Gasteiger partial charge is 0.273 e. The van der Waals surface area contributed by atoms with Gasteiger partial charge in [-0.25, -0.2) is 68.2 Å². The molecule has 2 aliphatic rings. The van der Waals surface area contributed by atoms with Crippen LogP contribution in [0, 0.1) is 70.3 Å². The first-order chi connectivity index (χ1) is 17.0. The molecule has 0 bridgehead atoms. The first-order valence-electron chi connectivity index (χ1n) is 9.90. The van der Waals surface area contributed by atoms with E-state index in [9.17, 15) is 43.9 Å². The number of allylic oxidation sites excluding steroid dienone is 8. The minimum absolute atomic E-state index is 0. The molecule has 0 N–H and O–H groups in total. The fourth-order valence-corrected chi connectivity index (χ4v) is 2.32. The molecule has 37 heavy (non-hydrogen) atoms. The van der Waals surface area contributed by atoms with Crippen LogP contribution in [0.4, 0.5) is 43.9 Å². The Morgan fingerprint density at radius 1 is 0.541 bits per heavy atom. The predicted octanol–water partition coefficient (Wildman–Crippen LogP) is 6.27. The van der Waals surface area contributed by atoms with Gasteiger partial charge < -0.3 is 0 Å². The number of rotatable bonds is 2. The summed E-state index contributed by atoms with van der Waals surface area (Å²) in [7, 11) is 0.715. The van der Waals surface area contributed by atoms with Crippen LogP contribution in [0.3, 0.4) is 0 Å². The van der Waals surface area contributed by atoms with Crippen molar-refractivity contribution in [2.45, 2.75) is 12.8 Å². The molecule has 0 unspecified atom stereocenters. The zero-order valence-electron chi connectivity index (χ0n) is 19.2. The van der Waals surface area contributed by atoms with Gasteiger partial charge in [0.25, 0.3) is 0 Å². The quantitative estimate of drug-likeness (QED) is 0.0920. The molecule has 1 radical (unpaired) electrons. The van der Waals surface area contributed by atoms with Crippen molar-refractivity contribution in [3.05, 3.63) is 107 Å². The van der Waals surface area contributed by atoms with E-state index in [1.807, 2.05) is 24.3 Å². The second-order valence-corrected chi connectivity index (χ2v) is 7.62. The van der Waals surface area contributed by atoms with Crippen molar-refractivity contribution in [1.29, 1.82) is 0 Å². The standard InChI is InChI=1S/C12BF10.2C5H5.C2H7P.Zr/c14-3-1(4(15)8(19)11(22)7(3)18)13-2-5(16)9(20)12(23)10(21)6(2)17;2*1-2-4-5-3-1;1-3-2;/h;2*1-3H,4H2;3H,1-2H3;/q;2*-1;;+2. The van der Waals surface area contributed by atoms with Gasteiger partial charge in [-0.2, -0.15) is 12.2 Å². The van der Waals surface area contributed by atoms with Gasteiger partial charge >= 0.3 is 26.2 Å². The number of hydrogen-bond acceptors (Lipinski definition) is 0. The Bertz CT molecular complexity index is 1010. The monoisotopic (exact) mass is 627 g/mol. The summed E-state index contributed by atoms with van der Waals surface area (Å²) in [6.45, 7) is 4.31. The Labute approximate surface area is 229 Å². The van der Waals surface area contributed by atoms with Gasteiger partial charge in [0, 0.05) is 0 Å². The summed E-state index contributed by atoms with van der Waals surface area (Å²) in [5.74, 6) is -24.9. The molecule has 0 aliphatic heterocycles. The van der Waals surface area contributed by atoms with Crippen molar-refractivity contribution in [3.63, 3.8) is 0 Å². The first kappa shape index (κ1) is 35.1. The third-order valence-corrected chi connectivity index (χ3v) is 3.95. The Kier molecular flexibility index (Phi) is 16.6. The molecule has 0 amide bonds. The van der Waals surface area contributed by atoms with Crippen LogP contribution in [0.5, 0.6) is 0 Å². The van der Waals surface area contributed by atoms with Crippen LogP contribution in [-0.2, 0) is 26.2 Å². The molecular weight excluding hydrogens is 611 g/mol. The molecule has 13 heteroatoms. The van der Waals surface area contributed by atoms with Gasteiger partial charge in [-0.15, -0.1) is 21.4 Å². The number of halogens is 10. The van der Waals surface area contributed by atoms with E-state index >= 15 is 0 Å². The van der Waals surface area contributed by atoms with E-state index < -0.39 is 69.1 Å². The molecule has 0 saturated heterocycles. The summed E-state index contributed by atoms with van der Waals surface area (Å²) in [6, 6.07) is 0. The molecule has 0 nitrogen and oxygen atoms in total. The summed E-state index contributed by atoms with van der Waals surface area (Å²) in [4.78, 5) is 0. The maximum absolute atomic E-state index is 13.4. The van der Waals surface area contributed by atoms with Crippen molar-refractivity contribution < 1.29 is 70.1 Å². The first-order valence-corrected chi connectivity index (χ1v) is 11.9. The zero-order chi connectivity index (χ0) is 27.4. The molecule has 0 saturated carbocycles. The SMILES string of the molecule is CPC.Fc1c(F)c(F)c([B]c2c(F)c(F)c(F)c(F)c2F)c(F)c1F.[C-]1=CC=CC1.[C-]1=CC=CC1.[Zr+2].